The molecule has 0 heterocycles. The maximum atomic E-state index is 5.53. The molecule has 0 aliphatic heterocycles. The summed E-state index contributed by atoms with van der Waals surface area (Å²) in [6.07, 6.45) is 8.99. The largest absolute Gasteiger partial charge is 0.370 e. The molecular formula is C9H16IN3. The van der Waals surface area contributed by atoms with Gasteiger partial charge in [-0.05, 0) is 18.8 Å². The zero-order valence-corrected chi connectivity index (χ0v) is 9.95. The molecule has 0 aromatic rings. The minimum Gasteiger partial charge on any atom is -0.370 e. The van der Waals surface area contributed by atoms with Gasteiger partial charge in [0.1, 0.15) is 0 Å². The quantitative estimate of drug-likeness (QED) is 0.352. The molecule has 1 saturated carbocycles. The van der Waals surface area contributed by atoms with E-state index in [-0.39, 0.29) is 24.0 Å². The van der Waals surface area contributed by atoms with E-state index in [9.17, 15) is 0 Å². The van der Waals surface area contributed by atoms with E-state index in [1.54, 1.807) is 0 Å². The van der Waals surface area contributed by atoms with Crippen molar-refractivity contribution in [2.24, 2.45) is 16.6 Å². The maximum absolute atomic E-state index is 5.53. The molecule has 0 aromatic carbocycles. The third-order valence-corrected chi connectivity index (χ3v) is 2.12. The van der Waals surface area contributed by atoms with E-state index in [2.05, 4.69) is 16.2 Å². The summed E-state index contributed by atoms with van der Waals surface area (Å²) in [7, 11) is 0. The number of terminal acetylenes is 1. The standard InChI is InChI=1S/C9H15N3.HI/c1-2-6-11-9(10)12-7-8-4-3-5-8;/h1,8H,3-7H2,(H3,10,11,12);1H. The Morgan fingerprint density at radius 2 is 2.31 bits per heavy atom. The van der Waals surface area contributed by atoms with E-state index in [1.165, 1.54) is 19.3 Å². The minimum absolute atomic E-state index is 0. The summed E-state index contributed by atoms with van der Waals surface area (Å²) in [5.41, 5.74) is 5.53. The first-order valence-corrected chi connectivity index (χ1v) is 4.30. The van der Waals surface area contributed by atoms with Crippen molar-refractivity contribution in [3.63, 3.8) is 0 Å². The highest BCUT2D eigenvalue weighted by molar-refractivity contribution is 14.0. The van der Waals surface area contributed by atoms with Gasteiger partial charge >= 0.3 is 0 Å². The highest BCUT2D eigenvalue weighted by Crippen LogP contribution is 2.25. The lowest BCUT2D eigenvalue weighted by molar-refractivity contribution is 0.326. The first-order chi connectivity index (χ1) is 5.83. The summed E-state index contributed by atoms with van der Waals surface area (Å²) in [6, 6.07) is 0. The summed E-state index contributed by atoms with van der Waals surface area (Å²) < 4.78 is 0. The number of hydrogen-bond donors (Lipinski definition) is 2. The Hall–Kier alpha value is -0.440. The van der Waals surface area contributed by atoms with Gasteiger partial charge in [0, 0.05) is 6.54 Å². The number of hydrogen-bond acceptors (Lipinski definition) is 1. The van der Waals surface area contributed by atoms with Gasteiger partial charge < -0.3 is 11.1 Å². The molecule has 0 saturated heterocycles. The smallest absolute Gasteiger partial charge is 0.189 e. The van der Waals surface area contributed by atoms with Gasteiger partial charge in [-0.25, -0.2) is 0 Å². The number of guanidine groups is 1. The molecule has 74 valence electrons. The van der Waals surface area contributed by atoms with Crippen LogP contribution >= 0.6 is 24.0 Å². The molecular weight excluding hydrogens is 277 g/mol. The number of halogens is 1. The van der Waals surface area contributed by atoms with Crippen LogP contribution in [0.15, 0.2) is 4.99 Å². The topological polar surface area (TPSA) is 50.4 Å². The van der Waals surface area contributed by atoms with Crippen molar-refractivity contribution in [1.29, 1.82) is 0 Å². The Labute approximate surface area is 96.6 Å². The van der Waals surface area contributed by atoms with E-state index in [0.29, 0.717) is 12.5 Å². The molecule has 4 heteroatoms. The zero-order chi connectivity index (χ0) is 8.81. The molecule has 3 nitrogen and oxygen atoms in total. The van der Waals surface area contributed by atoms with Crippen LogP contribution in [0.3, 0.4) is 0 Å². The van der Waals surface area contributed by atoms with Crippen LogP contribution in [-0.2, 0) is 0 Å². The number of nitrogens with two attached hydrogens (primary N) is 1. The molecule has 0 radical (unpaired) electrons. The average Bonchev–Trinajstić information content (AvgIpc) is 1.98. The van der Waals surface area contributed by atoms with Gasteiger partial charge in [0.25, 0.3) is 0 Å². The Morgan fingerprint density at radius 1 is 1.62 bits per heavy atom. The normalized spacial score (nSPS) is 16.7. The number of nitrogens with one attached hydrogen (secondary N) is 1. The number of rotatable bonds is 3. The van der Waals surface area contributed by atoms with Gasteiger partial charge in [-0.3, -0.25) is 4.99 Å². The molecule has 3 N–H and O–H groups in total. The molecule has 0 atom stereocenters. The molecule has 13 heavy (non-hydrogen) atoms. The Balaban J connectivity index is 0.00000144. The van der Waals surface area contributed by atoms with Crippen LogP contribution in [0.5, 0.6) is 0 Å². The molecule has 1 aliphatic carbocycles. The summed E-state index contributed by atoms with van der Waals surface area (Å²) in [6.45, 7) is 1.31. The van der Waals surface area contributed by atoms with Crippen molar-refractivity contribution in [3.05, 3.63) is 0 Å². The van der Waals surface area contributed by atoms with Crippen LogP contribution in [0.2, 0.25) is 0 Å². The SMILES string of the molecule is C#CCNC(N)=NCC1CCC1.I. The summed E-state index contributed by atoms with van der Waals surface area (Å²) >= 11 is 0. The van der Waals surface area contributed by atoms with Gasteiger partial charge in [0.05, 0.1) is 6.54 Å². The second-order valence-electron chi connectivity index (χ2n) is 3.08. The summed E-state index contributed by atoms with van der Waals surface area (Å²) in [4.78, 5) is 4.17. The predicted molar refractivity (Wildman–Crippen MR) is 66.1 cm³/mol. The van der Waals surface area contributed by atoms with Gasteiger partial charge in [-0.1, -0.05) is 12.3 Å². The van der Waals surface area contributed by atoms with Crippen molar-refractivity contribution in [1.82, 2.24) is 5.32 Å². The van der Waals surface area contributed by atoms with E-state index < -0.39 is 0 Å². The molecule has 0 amide bonds. The molecule has 0 bridgehead atoms. The number of aliphatic imine (C=N–C) groups is 1. The Bertz CT molecular complexity index is 203. The van der Waals surface area contributed by atoms with E-state index in [1.807, 2.05) is 0 Å². The predicted octanol–water partition coefficient (Wildman–Crippen LogP) is 0.942. The minimum atomic E-state index is 0. The van der Waals surface area contributed by atoms with Crippen LogP contribution in [-0.4, -0.2) is 19.0 Å². The third kappa shape index (κ3) is 4.98. The fourth-order valence-electron chi connectivity index (χ4n) is 1.10. The summed E-state index contributed by atoms with van der Waals surface area (Å²) in [5, 5.41) is 2.83. The van der Waals surface area contributed by atoms with Crippen LogP contribution in [0.25, 0.3) is 0 Å². The van der Waals surface area contributed by atoms with Gasteiger partial charge in [-0.2, -0.15) is 0 Å². The highest BCUT2D eigenvalue weighted by atomic mass is 127. The Morgan fingerprint density at radius 3 is 2.77 bits per heavy atom. The van der Waals surface area contributed by atoms with Gasteiger partial charge in [-0.15, -0.1) is 30.4 Å². The second kappa shape index (κ2) is 7.01. The lowest BCUT2D eigenvalue weighted by Crippen LogP contribution is -2.32. The van der Waals surface area contributed by atoms with E-state index in [0.717, 1.165) is 12.5 Å². The lowest BCUT2D eigenvalue weighted by Gasteiger charge is -2.23. The van der Waals surface area contributed by atoms with Gasteiger partial charge in [0.2, 0.25) is 0 Å². The monoisotopic (exact) mass is 293 g/mol. The fraction of sp³-hybridized carbons (Fsp3) is 0.667. The third-order valence-electron chi connectivity index (χ3n) is 2.12. The van der Waals surface area contributed by atoms with Crippen molar-refractivity contribution in [2.45, 2.75) is 19.3 Å². The second-order valence-corrected chi connectivity index (χ2v) is 3.08. The van der Waals surface area contributed by atoms with Gasteiger partial charge in [0.15, 0.2) is 5.96 Å². The first-order valence-electron chi connectivity index (χ1n) is 4.30. The van der Waals surface area contributed by atoms with Crippen LogP contribution in [0, 0.1) is 18.3 Å². The zero-order valence-electron chi connectivity index (χ0n) is 7.62. The fourth-order valence-corrected chi connectivity index (χ4v) is 1.10. The van der Waals surface area contributed by atoms with Crippen molar-refractivity contribution >= 4 is 29.9 Å². The number of nitrogens with zero attached hydrogens (tertiary/aromatic N) is 1. The molecule has 1 aliphatic rings. The van der Waals surface area contributed by atoms with E-state index >= 15 is 0 Å². The van der Waals surface area contributed by atoms with Crippen molar-refractivity contribution < 1.29 is 0 Å². The van der Waals surface area contributed by atoms with Crippen LogP contribution < -0.4 is 11.1 Å². The van der Waals surface area contributed by atoms with Crippen molar-refractivity contribution in [3.8, 4) is 12.3 Å². The lowest BCUT2D eigenvalue weighted by atomic mass is 9.86. The molecule has 1 rings (SSSR count). The first kappa shape index (κ1) is 12.6. The van der Waals surface area contributed by atoms with Crippen LogP contribution in [0.1, 0.15) is 19.3 Å². The van der Waals surface area contributed by atoms with E-state index in [4.69, 9.17) is 12.2 Å². The molecule has 0 unspecified atom stereocenters. The van der Waals surface area contributed by atoms with Crippen LogP contribution in [0.4, 0.5) is 0 Å². The summed E-state index contributed by atoms with van der Waals surface area (Å²) in [5.74, 6) is 3.67. The Kier molecular flexibility index (Phi) is 6.77. The molecule has 1 fully saturated rings. The maximum Gasteiger partial charge on any atom is 0.189 e. The average molecular weight is 293 g/mol. The molecule has 0 aromatic heterocycles. The molecule has 0 spiro atoms. The highest BCUT2D eigenvalue weighted by Gasteiger charge is 2.16. The van der Waals surface area contributed by atoms with Crippen molar-refractivity contribution in [2.75, 3.05) is 13.1 Å².